The highest BCUT2D eigenvalue weighted by atomic mass is 16.4. The van der Waals surface area contributed by atoms with E-state index < -0.39 is 11.4 Å². The summed E-state index contributed by atoms with van der Waals surface area (Å²) in [5.74, 6) is 5.08. The molecule has 82 valence electrons. The first-order valence-corrected chi connectivity index (χ1v) is 5.30. The molecule has 2 heteroatoms. The number of benzene rings is 1. The monoisotopic (exact) mass is 214 g/mol. The van der Waals surface area contributed by atoms with Gasteiger partial charge in [-0.2, -0.15) is 0 Å². The highest BCUT2D eigenvalue weighted by Crippen LogP contribution is 2.63. The minimum atomic E-state index is -0.844. The van der Waals surface area contributed by atoms with Crippen molar-refractivity contribution in [3.05, 3.63) is 35.9 Å². The molecule has 1 N–H and O–H groups in total. The number of carboxylic acids is 1. The molecule has 1 unspecified atom stereocenters. The van der Waals surface area contributed by atoms with E-state index in [0.717, 1.165) is 5.56 Å². The minimum Gasteiger partial charge on any atom is -0.480 e. The second-order valence-corrected chi connectivity index (χ2v) is 4.89. The number of hydrogen-bond donors (Lipinski definition) is 1. The SMILES string of the molecule is CC1(C)CC1(C#Cc1ccccc1)C(=O)O. The lowest BCUT2D eigenvalue weighted by Gasteiger charge is -2.07. The van der Waals surface area contributed by atoms with Crippen LogP contribution in [0.1, 0.15) is 25.8 Å². The molecule has 16 heavy (non-hydrogen) atoms. The Hall–Kier alpha value is -1.75. The van der Waals surface area contributed by atoms with Crippen molar-refractivity contribution in [1.82, 2.24) is 0 Å². The molecule has 0 saturated heterocycles. The van der Waals surface area contributed by atoms with Gasteiger partial charge in [0.2, 0.25) is 0 Å². The summed E-state index contributed by atoms with van der Waals surface area (Å²) in [5.41, 5.74) is -0.186. The molecule has 1 fully saturated rings. The second kappa shape index (κ2) is 3.38. The van der Waals surface area contributed by atoms with Crippen molar-refractivity contribution in [3.63, 3.8) is 0 Å². The molecule has 1 saturated carbocycles. The maximum atomic E-state index is 11.2. The fourth-order valence-electron chi connectivity index (χ4n) is 1.95. The van der Waals surface area contributed by atoms with Crippen LogP contribution in [-0.2, 0) is 4.79 Å². The Balaban J connectivity index is 2.29. The van der Waals surface area contributed by atoms with Crippen LogP contribution in [0.3, 0.4) is 0 Å². The normalized spacial score (nSPS) is 25.4. The fourth-order valence-corrected chi connectivity index (χ4v) is 1.95. The van der Waals surface area contributed by atoms with E-state index in [-0.39, 0.29) is 5.41 Å². The van der Waals surface area contributed by atoms with Crippen LogP contribution in [0, 0.1) is 22.7 Å². The zero-order chi connectivity index (χ0) is 11.8. The molecule has 0 heterocycles. The highest BCUT2D eigenvalue weighted by Gasteiger charge is 2.66. The molecule has 0 bridgehead atoms. The summed E-state index contributed by atoms with van der Waals surface area (Å²) >= 11 is 0. The van der Waals surface area contributed by atoms with Gasteiger partial charge in [0.25, 0.3) is 0 Å². The lowest BCUT2D eigenvalue weighted by atomic mass is 9.96. The van der Waals surface area contributed by atoms with Gasteiger partial charge in [0.1, 0.15) is 5.41 Å². The summed E-state index contributed by atoms with van der Waals surface area (Å²) in [4.78, 5) is 11.2. The van der Waals surface area contributed by atoms with E-state index in [1.54, 1.807) is 0 Å². The van der Waals surface area contributed by atoms with Crippen molar-refractivity contribution >= 4 is 5.97 Å². The molecule has 1 aliphatic rings. The van der Waals surface area contributed by atoms with Gasteiger partial charge >= 0.3 is 5.97 Å². The Labute approximate surface area is 95.3 Å². The Morgan fingerprint density at radius 3 is 2.31 bits per heavy atom. The van der Waals surface area contributed by atoms with Gasteiger partial charge in [-0.1, -0.05) is 43.9 Å². The average molecular weight is 214 g/mol. The summed E-state index contributed by atoms with van der Waals surface area (Å²) in [6.07, 6.45) is 0.634. The van der Waals surface area contributed by atoms with Gasteiger partial charge in [0.05, 0.1) is 0 Å². The molecule has 0 aromatic heterocycles. The predicted molar refractivity (Wildman–Crippen MR) is 61.8 cm³/mol. The number of carboxylic acid groups (broad SMARTS) is 1. The Morgan fingerprint density at radius 2 is 1.88 bits per heavy atom. The van der Waals surface area contributed by atoms with Crippen molar-refractivity contribution in [2.45, 2.75) is 20.3 Å². The van der Waals surface area contributed by atoms with Gasteiger partial charge in [0.15, 0.2) is 0 Å². The molecular formula is C14H14O2. The van der Waals surface area contributed by atoms with E-state index in [1.165, 1.54) is 0 Å². The lowest BCUT2D eigenvalue weighted by molar-refractivity contribution is -0.142. The molecule has 1 aliphatic carbocycles. The molecule has 0 radical (unpaired) electrons. The molecular weight excluding hydrogens is 200 g/mol. The lowest BCUT2D eigenvalue weighted by Crippen LogP contribution is -2.18. The summed E-state index contributed by atoms with van der Waals surface area (Å²) in [7, 11) is 0. The van der Waals surface area contributed by atoms with E-state index in [1.807, 2.05) is 44.2 Å². The molecule has 0 amide bonds. The third-order valence-electron chi connectivity index (χ3n) is 3.30. The molecule has 0 spiro atoms. The molecule has 1 aromatic carbocycles. The fraction of sp³-hybridized carbons (Fsp3) is 0.357. The Bertz CT molecular complexity index is 476. The van der Waals surface area contributed by atoms with Gasteiger partial charge in [-0.15, -0.1) is 0 Å². The molecule has 2 nitrogen and oxygen atoms in total. The topological polar surface area (TPSA) is 37.3 Å². The quantitative estimate of drug-likeness (QED) is 0.729. The van der Waals surface area contributed by atoms with Gasteiger partial charge in [-0.25, -0.2) is 0 Å². The Kier molecular flexibility index (Phi) is 2.27. The summed E-state index contributed by atoms with van der Waals surface area (Å²) in [5, 5.41) is 9.21. The van der Waals surface area contributed by atoms with Crippen LogP contribution in [0.4, 0.5) is 0 Å². The van der Waals surface area contributed by atoms with E-state index in [0.29, 0.717) is 6.42 Å². The minimum absolute atomic E-state index is 0.208. The number of carbonyl (C=O) groups is 1. The van der Waals surface area contributed by atoms with E-state index >= 15 is 0 Å². The smallest absolute Gasteiger partial charge is 0.322 e. The molecule has 2 rings (SSSR count). The third kappa shape index (κ3) is 1.59. The van der Waals surface area contributed by atoms with Crippen LogP contribution in [0.25, 0.3) is 0 Å². The highest BCUT2D eigenvalue weighted by molar-refractivity contribution is 5.84. The largest absolute Gasteiger partial charge is 0.480 e. The first-order chi connectivity index (χ1) is 7.48. The van der Waals surface area contributed by atoms with Crippen molar-refractivity contribution < 1.29 is 9.90 Å². The number of rotatable bonds is 1. The van der Waals surface area contributed by atoms with Gasteiger partial charge in [0, 0.05) is 5.56 Å². The average Bonchev–Trinajstić information content (AvgIpc) is 2.81. The summed E-state index contributed by atoms with van der Waals surface area (Å²) in [6, 6.07) is 9.49. The van der Waals surface area contributed by atoms with Crippen LogP contribution < -0.4 is 0 Å². The van der Waals surface area contributed by atoms with Crippen LogP contribution in [0.5, 0.6) is 0 Å². The van der Waals surface area contributed by atoms with Gasteiger partial charge in [-0.05, 0) is 24.0 Å². The zero-order valence-electron chi connectivity index (χ0n) is 9.45. The van der Waals surface area contributed by atoms with Crippen LogP contribution in [-0.4, -0.2) is 11.1 Å². The van der Waals surface area contributed by atoms with Crippen LogP contribution in [0.2, 0.25) is 0 Å². The van der Waals surface area contributed by atoms with Gasteiger partial charge < -0.3 is 5.11 Å². The van der Waals surface area contributed by atoms with E-state index in [9.17, 15) is 9.90 Å². The van der Waals surface area contributed by atoms with Crippen LogP contribution >= 0.6 is 0 Å². The zero-order valence-corrected chi connectivity index (χ0v) is 9.45. The maximum absolute atomic E-state index is 11.2. The molecule has 1 atom stereocenters. The van der Waals surface area contributed by atoms with Crippen molar-refractivity contribution in [1.29, 1.82) is 0 Å². The van der Waals surface area contributed by atoms with Crippen molar-refractivity contribution in [2.24, 2.45) is 10.8 Å². The maximum Gasteiger partial charge on any atom is 0.322 e. The van der Waals surface area contributed by atoms with E-state index in [4.69, 9.17) is 0 Å². The summed E-state index contributed by atoms with van der Waals surface area (Å²) < 4.78 is 0. The molecule has 0 aliphatic heterocycles. The van der Waals surface area contributed by atoms with Gasteiger partial charge in [-0.3, -0.25) is 4.79 Å². The van der Waals surface area contributed by atoms with Crippen molar-refractivity contribution in [3.8, 4) is 11.8 Å². The first-order valence-electron chi connectivity index (χ1n) is 5.30. The standard InChI is InChI=1S/C14H14O2/c1-13(2)10-14(13,12(15)16)9-8-11-6-4-3-5-7-11/h3-7H,10H2,1-2H3,(H,15,16). The van der Waals surface area contributed by atoms with E-state index in [2.05, 4.69) is 11.8 Å². The van der Waals surface area contributed by atoms with Crippen LogP contribution in [0.15, 0.2) is 30.3 Å². The molecule has 1 aromatic rings. The summed E-state index contributed by atoms with van der Waals surface area (Å²) in [6.45, 7) is 3.89. The Morgan fingerprint density at radius 1 is 1.31 bits per heavy atom. The first kappa shape index (κ1) is 10.8. The predicted octanol–water partition coefficient (Wildman–Crippen LogP) is 2.54. The second-order valence-electron chi connectivity index (χ2n) is 4.89. The third-order valence-corrected chi connectivity index (χ3v) is 3.30. The number of hydrogen-bond acceptors (Lipinski definition) is 1. The number of aliphatic carboxylic acids is 1. The van der Waals surface area contributed by atoms with Crippen molar-refractivity contribution in [2.75, 3.05) is 0 Å².